The molecule has 9 heteroatoms. The largest absolute Gasteiger partial charge is 0.463 e. The van der Waals surface area contributed by atoms with Gasteiger partial charge in [-0.1, -0.05) is 41.9 Å². The van der Waals surface area contributed by atoms with Crippen molar-refractivity contribution in [3.63, 3.8) is 0 Å². The van der Waals surface area contributed by atoms with Crippen molar-refractivity contribution in [3.8, 4) is 0 Å². The molecule has 1 fully saturated rings. The minimum atomic E-state index is -0.674. The van der Waals surface area contributed by atoms with E-state index in [1.807, 2.05) is 41.3 Å². The molecule has 1 unspecified atom stereocenters. The number of amides is 3. The molecule has 1 saturated heterocycles. The zero-order valence-corrected chi connectivity index (χ0v) is 20.6. The molecule has 1 N–H and O–H groups in total. The molecule has 1 atom stereocenters. The van der Waals surface area contributed by atoms with E-state index >= 15 is 0 Å². The number of ether oxygens (including phenoxy) is 1. The Morgan fingerprint density at radius 2 is 1.77 bits per heavy atom. The van der Waals surface area contributed by atoms with Crippen LogP contribution in [0.25, 0.3) is 0 Å². The highest BCUT2D eigenvalue weighted by Gasteiger charge is 2.37. The molecule has 0 bridgehead atoms. The Hall–Kier alpha value is -3.36. The number of likely N-dealkylation sites (N-methyl/N-ethyl adjacent to an activating group) is 1. The molecule has 4 rings (SSSR count). The topological polar surface area (TPSA) is 82.2 Å². The molecule has 0 radical (unpaired) electrons. The van der Waals surface area contributed by atoms with Crippen LogP contribution < -0.4 is 5.32 Å². The first-order chi connectivity index (χ1) is 16.9. The third-order valence-corrected chi connectivity index (χ3v) is 6.54. The van der Waals surface area contributed by atoms with Crippen molar-refractivity contribution < 1.29 is 19.1 Å². The summed E-state index contributed by atoms with van der Waals surface area (Å²) >= 11 is 6.20. The number of esters is 1. The predicted octanol–water partition coefficient (Wildman–Crippen LogP) is 3.31. The Morgan fingerprint density at radius 3 is 2.43 bits per heavy atom. The molecule has 184 valence electrons. The number of hydrogen-bond acceptors (Lipinski definition) is 5. The predicted molar refractivity (Wildman–Crippen MR) is 133 cm³/mol. The number of piperazine rings is 1. The van der Waals surface area contributed by atoms with Crippen LogP contribution in [-0.4, -0.2) is 79.0 Å². The summed E-state index contributed by atoms with van der Waals surface area (Å²) in [4.78, 5) is 44.2. The number of halogens is 1. The quantitative estimate of drug-likeness (QED) is 0.620. The van der Waals surface area contributed by atoms with Crippen LogP contribution in [0.1, 0.15) is 28.9 Å². The van der Waals surface area contributed by atoms with Gasteiger partial charge in [0, 0.05) is 56.1 Å². The van der Waals surface area contributed by atoms with Crippen LogP contribution in [0.3, 0.4) is 0 Å². The van der Waals surface area contributed by atoms with E-state index in [9.17, 15) is 14.4 Å². The summed E-state index contributed by atoms with van der Waals surface area (Å²) in [7, 11) is 1.65. The smallest absolute Gasteiger partial charge is 0.338 e. The number of nitrogens with zero attached hydrogens (tertiary/aromatic N) is 3. The lowest BCUT2D eigenvalue weighted by Crippen LogP contribution is -2.53. The number of rotatable bonds is 6. The first-order valence-corrected chi connectivity index (χ1v) is 12.0. The molecular weight excluding hydrogens is 468 g/mol. The highest BCUT2D eigenvalue weighted by atomic mass is 35.5. The van der Waals surface area contributed by atoms with E-state index in [4.69, 9.17) is 16.3 Å². The number of nitrogens with one attached hydrogen (secondary N) is 1. The van der Waals surface area contributed by atoms with E-state index in [1.165, 1.54) is 4.90 Å². The van der Waals surface area contributed by atoms with Gasteiger partial charge in [0.1, 0.15) is 0 Å². The van der Waals surface area contributed by atoms with E-state index in [-0.39, 0.29) is 18.5 Å². The van der Waals surface area contributed by atoms with Crippen LogP contribution >= 0.6 is 11.6 Å². The van der Waals surface area contributed by atoms with Gasteiger partial charge >= 0.3 is 12.0 Å². The zero-order chi connectivity index (χ0) is 24.9. The molecule has 2 aromatic rings. The van der Waals surface area contributed by atoms with Crippen molar-refractivity contribution in [2.45, 2.75) is 13.0 Å². The van der Waals surface area contributed by atoms with E-state index in [0.717, 1.165) is 0 Å². The summed E-state index contributed by atoms with van der Waals surface area (Å²) in [5.74, 6) is -0.468. The monoisotopic (exact) mass is 496 g/mol. The maximum absolute atomic E-state index is 13.1. The van der Waals surface area contributed by atoms with Crippen molar-refractivity contribution in [1.29, 1.82) is 0 Å². The first kappa shape index (κ1) is 24.8. The van der Waals surface area contributed by atoms with Crippen molar-refractivity contribution in [2.24, 2.45) is 0 Å². The molecule has 2 aromatic carbocycles. The second-order valence-electron chi connectivity index (χ2n) is 8.51. The van der Waals surface area contributed by atoms with Gasteiger partial charge in [0.2, 0.25) is 0 Å². The third kappa shape index (κ3) is 5.49. The molecule has 2 aliphatic rings. The minimum Gasteiger partial charge on any atom is -0.463 e. The van der Waals surface area contributed by atoms with Crippen molar-refractivity contribution in [2.75, 3.05) is 46.4 Å². The van der Waals surface area contributed by atoms with Crippen LogP contribution in [0, 0.1) is 0 Å². The number of urea groups is 1. The summed E-state index contributed by atoms with van der Waals surface area (Å²) in [6.45, 7) is 4.70. The number of carbonyl (C=O) groups excluding carboxylic acids is 3. The van der Waals surface area contributed by atoms with E-state index in [2.05, 4.69) is 10.2 Å². The minimum absolute atomic E-state index is 0.00635. The Labute approximate surface area is 210 Å². The van der Waals surface area contributed by atoms with Crippen molar-refractivity contribution >= 4 is 29.5 Å². The summed E-state index contributed by atoms with van der Waals surface area (Å²) < 4.78 is 5.38. The third-order valence-electron chi connectivity index (χ3n) is 6.31. The number of carbonyl (C=O) groups is 3. The van der Waals surface area contributed by atoms with Crippen LogP contribution in [0.15, 0.2) is 65.9 Å². The fourth-order valence-corrected chi connectivity index (χ4v) is 4.62. The lowest BCUT2D eigenvalue weighted by atomic mass is 9.94. The fraction of sp³-hybridized carbons (Fsp3) is 0.346. The van der Waals surface area contributed by atoms with Gasteiger partial charge < -0.3 is 15.0 Å². The maximum Gasteiger partial charge on any atom is 0.338 e. The SMILES string of the molecule is CCOC(=O)C1=C(CN2CCN(C(=O)c3ccccc3)CC2)N(C)C(=O)NC1c1cccc(Cl)c1. The molecule has 35 heavy (non-hydrogen) atoms. The Balaban J connectivity index is 1.57. The molecule has 0 spiro atoms. The van der Waals surface area contributed by atoms with Gasteiger partial charge in [0.25, 0.3) is 5.91 Å². The summed E-state index contributed by atoms with van der Waals surface area (Å²) in [6, 6.07) is 15.3. The van der Waals surface area contributed by atoms with E-state index in [0.29, 0.717) is 60.1 Å². The highest BCUT2D eigenvalue weighted by Crippen LogP contribution is 2.32. The Bertz CT molecular complexity index is 1130. The van der Waals surface area contributed by atoms with Crippen molar-refractivity contribution in [3.05, 3.63) is 82.0 Å². The molecular formula is C26H29ClN4O4. The average molecular weight is 497 g/mol. The van der Waals surface area contributed by atoms with Gasteiger partial charge in [-0.05, 0) is 36.8 Å². The fourth-order valence-electron chi connectivity index (χ4n) is 4.42. The summed E-state index contributed by atoms with van der Waals surface area (Å²) in [5, 5.41) is 3.42. The molecule has 2 aliphatic heterocycles. The van der Waals surface area contributed by atoms with Gasteiger partial charge in [-0.25, -0.2) is 9.59 Å². The van der Waals surface area contributed by atoms with Gasteiger partial charge in [-0.2, -0.15) is 0 Å². The summed E-state index contributed by atoms with van der Waals surface area (Å²) in [6.07, 6.45) is 0. The van der Waals surface area contributed by atoms with Gasteiger partial charge in [0.15, 0.2) is 0 Å². The Morgan fingerprint density at radius 1 is 1.06 bits per heavy atom. The molecule has 3 amide bonds. The average Bonchev–Trinajstić information content (AvgIpc) is 2.87. The van der Waals surface area contributed by atoms with Crippen molar-refractivity contribution in [1.82, 2.24) is 20.0 Å². The second-order valence-corrected chi connectivity index (χ2v) is 8.95. The normalized spacial score (nSPS) is 18.9. The zero-order valence-electron chi connectivity index (χ0n) is 19.9. The van der Waals surface area contributed by atoms with Gasteiger partial charge in [0.05, 0.1) is 18.2 Å². The van der Waals surface area contributed by atoms with Crippen LogP contribution in [-0.2, 0) is 9.53 Å². The van der Waals surface area contributed by atoms with Gasteiger partial charge in [-0.3, -0.25) is 14.6 Å². The number of benzene rings is 2. The van der Waals surface area contributed by atoms with Gasteiger partial charge in [-0.15, -0.1) is 0 Å². The number of hydrogen-bond donors (Lipinski definition) is 1. The highest BCUT2D eigenvalue weighted by molar-refractivity contribution is 6.30. The second kappa shape index (κ2) is 10.9. The summed E-state index contributed by atoms with van der Waals surface area (Å²) in [5.41, 5.74) is 2.35. The lowest BCUT2D eigenvalue weighted by Gasteiger charge is -2.39. The Kier molecular flexibility index (Phi) is 7.73. The van der Waals surface area contributed by atoms with Crippen LogP contribution in [0.5, 0.6) is 0 Å². The molecule has 0 aliphatic carbocycles. The van der Waals surface area contributed by atoms with Crippen LogP contribution in [0.4, 0.5) is 4.79 Å². The van der Waals surface area contributed by atoms with Crippen LogP contribution in [0.2, 0.25) is 5.02 Å². The lowest BCUT2D eigenvalue weighted by molar-refractivity contribution is -0.139. The maximum atomic E-state index is 13.1. The standard InChI is InChI=1S/C26H29ClN4O4/c1-3-35-25(33)22-21(29(2)26(34)28-23(22)19-10-7-11-20(27)16-19)17-30-12-14-31(15-13-30)24(32)18-8-5-4-6-9-18/h4-11,16,23H,3,12-15,17H2,1-2H3,(H,28,34). The molecule has 2 heterocycles. The molecule has 0 saturated carbocycles. The first-order valence-electron chi connectivity index (χ1n) is 11.7. The van der Waals surface area contributed by atoms with E-state index < -0.39 is 12.0 Å². The van der Waals surface area contributed by atoms with E-state index in [1.54, 1.807) is 32.2 Å². The molecule has 0 aromatic heterocycles. The molecule has 8 nitrogen and oxygen atoms in total.